The Balaban J connectivity index is 1.90. The molecule has 0 spiro atoms. The van der Waals surface area contributed by atoms with Crippen molar-refractivity contribution in [1.82, 2.24) is 9.88 Å². The van der Waals surface area contributed by atoms with Crippen molar-refractivity contribution in [3.63, 3.8) is 0 Å². The van der Waals surface area contributed by atoms with Crippen LogP contribution in [0, 0.1) is 0 Å². The molecule has 5 heteroatoms. The fourth-order valence-corrected chi connectivity index (χ4v) is 2.73. The first-order chi connectivity index (χ1) is 8.27. The van der Waals surface area contributed by atoms with E-state index in [4.69, 9.17) is 0 Å². The molecule has 1 N–H and O–H groups in total. The lowest BCUT2D eigenvalue weighted by molar-refractivity contribution is -0.120. The number of thioether (sulfide) groups is 1. The van der Waals surface area contributed by atoms with Crippen LogP contribution in [0.2, 0.25) is 0 Å². The number of nitrogens with zero attached hydrogens (tertiary/aromatic N) is 2. The lowest BCUT2D eigenvalue weighted by atomic mass is 10.2. The number of amides is 1. The highest BCUT2D eigenvalue weighted by molar-refractivity contribution is 7.99. The van der Waals surface area contributed by atoms with Crippen LogP contribution < -0.4 is 5.32 Å². The van der Waals surface area contributed by atoms with Crippen LogP contribution in [0.15, 0.2) is 24.4 Å². The molecule has 1 saturated heterocycles. The second kappa shape index (κ2) is 6.02. The summed E-state index contributed by atoms with van der Waals surface area (Å²) in [7, 11) is 0. The van der Waals surface area contributed by atoms with E-state index in [0.717, 1.165) is 24.6 Å². The summed E-state index contributed by atoms with van der Waals surface area (Å²) >= 11 is 1.95. The molecule has 0 saturated carbocycles. The van der Waals surface area contributed by atoms with Gasteiger partial charge >= 0.3 is 0 Å². The monoisotopic (exact) mass is 251 g/mol. The van der Waals surface area contributed by atoms with Crippen LogP contribution in [-0.4, -0.2) is 46.4 Å². The number of aromatic nitrogens is 1. The molecule has 1 fully saturated rings. The zero-order valence-electron chi connectivity index (χ0n) is 9.93. The topological polar surface area (TPSA) is 45.2 Å². The summed E-state index contributed by atoms with van der Waals surface area (Å²) in [6.07, 6.45) is 1.68. The molecule has 0 radical (unpaired) electrons. The predicted octanol–water partition coefficient (Wildman–Crippen LogP) is 1.46. The maximum Gasteiger partial charge on any atom is 0.242 e. The van der Waals surface area contributed by atoms with Crippen molar-refractivity contribution in [3.8, 4) is 0 Å². The van der Waals surface area contributed by atoms with Gasteiger partial charge in [-0.3, -0.25) is 9.69 Å². The quantitative estimate of drug-likeness (QED) is 0.883. The smallest absolute Gasteiger partial charge is 0.242 e. The van der Waals surface area contributed by atoms with Crippen LogP contribution >= 0.6 is 11.8 Å². The molecular formula is C12H17N3OS. The maximum absolute atomic E-state index is 12.0. The number of rotatable bonds is 3. The summed E-state index contributed by atoms with van der Waals surface area (Å²) < 4.78 is 0. The average molecular weight is 251 g/mol. The molecule has 92 valence electrons. The third kappa shape index (κ3) is 3.44. The van der Waals surface area contributed by atoms with Gasteiger partial charge in [0.05, 0.1) is 6.04 Å². The molecule has 1 aliphatic heterocycles. The number of pyridine rings is 1. The molecule has 1 aromatic rings. The second-order valence-electron chi connectivity index (χ2n) is 4.03. The van der Waals surface area contributed by atoms with Gasteiger partial charge in [-0.15, -0.1) is 0 Å². The van der Waals surface area contributed by atoms with E-state index in [1.165, 1.54) is 0 Å². The van der Waals surface area contributed by atoms with Crippen molar-refractivity contribution in [2.24, 2.45) is 0 Å². The lowest BCUT2D eigenvalue weighted by Gasteiger charge is -2.30. The van der Waals surface area contributed by atoms with Crippen LogP contribution in [-0.2, 0) is 4.79 Å². The van der Waals surface area contributed by atoms with Crippen molar-refractivity contribution < 1.29 is 4.79 Å². The van der Waals surface area contributed by atoms with E-state index in [1.54, 1.807) is 12.3 Å². The van der Waals surface area contributed by atoms with Crippen LogP contribution in [0.3, 0.4) is 0 Å². The van der Waals surface area contributed by atoms with Crippen LogP contribution in [0.5, 0.6) is 0 Å². The zero-order valence-corrected chi connectivity index (χ0v) is 10.7. The molecule has 1 aliphatic rings. The predicted molar refractivity (Wildman–Crippen MR) is 71.2 cm³/mol. The Morgan fingerprint density at radius 3 is 2.88 bits per heavy atom. The normalized spacial score (nSPS) is 18.6. The summed E-state index contributed by atoms with van der Waals surface area (Å²) in [4.78, 5) is 18.3. The van der Waals surface area contributed by atoms with Gasteiger partial charge in [0.2, 0.25) is 5.91 Å². The number of carbonyl (C=O) groups is 1. The van der Waals surface area contributed by atoms with Gasteiger partial charge in [-0.05, 0) is 19.1 Å². The van der Waals surface area contributed by atoms with Crippen LogP contribution in [0.25, 0.3) is 0 Å². The highest BCUT2D eigenvalue weighted by atomic mass is 32.2. The fraction of sp³-hybridized carbons (Fsp3) is 0.500. The summed E-state index contributed by atoms with van der Waals surface area (Å²) in [5.41, 5.74) is 0. The molecule has 1 aromatic heterocycles. The third-order valence-electron chi connectivity index (χ3n) is 2.89. The Hall–Kier alpha value is -1.07. The van der Waals surface area contributed by atoms with E-state index in [2.05, 4.69) is 15.2 Å². The van der Waals surface area contributed by atoms with Crippen LogP contribution in [0.4, 0.5) is 5.82 Å². The first-order valence-electron chi connectivity index (χ1n) is 5.81. The molecule has 0 aromatic carbocycles. The first-order valence-corrected chi connectivity index (χ1v) is 6.96. The maximum atomic E-state index is 12.0. The third-order valence-corrected chi connectivity index (χ3v) is 3.83. The van der Waals surface area contributed by atoms with Crippen molar-refractivity contribution in [2.75, 3.05) is 29.9 Å². The first kappa shape index (κ1) is 12.4. The Morgan fingerprint density at radius 1 is 1.47 bits per heavy atom. The SMILES string of the molecule is CC(C(=O)Nc1ccccn1)N1CCSCC1. The largest absolute Gasteiger partial charge is 0.309 e. The van der Waals surface area contributed by atoms with E-state index >= 15 is 0 Å². The number of hydrogen-bond donors (Lipinski definition) is 1. The molecule has 2 heterocycles. The van der Waals surface area contributed by atoms with Gasteiger partial charge in [-0.1, -0.05) is 6.07 Å². The summed E-state index contributed by atoms with van der Waals surface area (Å²) in [6.45, 7) is 3.93. The fourth-order valence-electron chi connectivity index (χ4n) is 1.80. The van der Waals surface area contributed by atoms with Gasteiger partial charge < -0.3 is 5.32 Å². The number of hydrogen-bond acceptors (Lipinski definition) is 4. The van der Waals surface area contributed by atoms with E-state index in [-0.39, 0.29) is 11.9 Å². The van der Waals surface area contributed by atoms with Crippen molar-refractivity contribution >= 4 is 23.5 Å². The van der Waals surface area contributed by atoms with E-state index in [1.807, 2.05) is 30.8 Å². The van der Waals surface area contributed by atoms with E-state index in [0.29, 0.717) is 5.82 Å². The minimum Gasteiger partial charge on any atom is -0.309 e. The highest BCUT2D eigenvalue weighted by Gasteiger charge is 2.22. The van der Waals surface area contributed by atoms with E-state index in [9.17, 15) is 4.79 Å². The Kier molecular flexibility index (Phi) is 4.39. The minimum atomic E-state index is -0.0853. The Morgan fingerprint density at radius 2 is 2.24 bits per heavy atom. The summed E-state index contributed by atoms with van der Waals surface area (Å²) in [5, 5.41) is 2.84. The van der Waals surface area contributed by atoms with Gasteiger partial charge in [0.1, 0.15) is 5.82 Å². The average Bonchev–Trinajstić information content (AvgIpc) is 2.40. The minimum absolute atomic E-state index is 0.0237. The standard InChI is InChI=1S/C12H17N3OS/c1-10(15-6-8-17-9-7-15)12(16)14-11-4-2-3-5-13-11/h2-5,10H,6-9H2,1H3,(H,13,14,16). The molecule has 1 atom stereocenters. The lowest BCUT2D eigenvalue weighted by Crippen LogP contribution is -2.46. The zero-order chi connectivity index (χ0) is 12.1. The summed E-state index contributed by atoms with van der Waals surface area (Å²) in [6, 6.07) is 5.42. The van der Waals surface area contributed by atoms with Gasteiger partial charge in [0.25, 0.3) is 0 Å². The Bertz CT molecular complexity index is 365. The van der Waals surface area contributed by atoms with Crippen LogP contribution in [0.1, 0.15) is 6.92 Å². The number of nitrogens with one attached hydrogen (secondary N) is 1. The molecule has 1 unspecified atom stereocenters. The highest BCUT2D eigenvalue weighted by Crippen LogP contribution is 2.13. The molecular weight excluding hydrogens is 234 g/mol. The van der Waals surface area contributed by atoms with E-state index < -0.39 is 0 Å². The molecule has 1 amide bonds. The van der Waals surface area contributed by atoms with Crippen molar-refractivity contribution in [3.05, 3.63) is 24.4 Å². The molecule has 0 bridgehead atoms. The van der Waals surface area contributed by atoms with Gasteiger partial charge in [-0.2, -0.15) is 11.8 Å². The van der Waals surface area contributed by atoms with Crippen molar-refractivity contribution in [2.45, 2.75) is 13.0 Å². The number of anilines is 1. The van der Waals surface area contributed by atoms with Crippen molar-refractivity contribution in [1.29, 1.82) is 0 Å². The number of carbonyl (C=O) groups excluding carboxylic acids is 1. The molecule has 0 aliphatic carbocycles. The van der Waals surface area contributed by atoms with Gasteiger partial charge in [0.15, 0.2) is 0 Å². The molecule has 2 rings (SSSR count). The second-order valence-corrected chi connectivity index (χ2v) is 5.25. The summed E-state index contributed by atoms with van der Waals surface area (Å²) in [5.74, 6) is 2.87. The van der Waals surface area contributed by atoms with Gasteiger partial charge in [0, 0.05) is 30.8 Å². The van der Waals surface area contributed by atoms with Gasteiger partial charge in [-0.25, -0.2) is 4.98 Å². The molecule has 4 nitrogen and oxygen atoms in total. The Labute approximate surface area is 106 Å². The molecule has 17 heavy (non-hydrogen) atoms.